The van der Waals surface area contributed by atoms with Crippen molar-refractivity contribution >= 4 is 52.0 Å². The van der Waals surface area contributed by atoms with Crippen molar-refractivity contribution in [2.75, 3.05) is 34.5 Å². The van der Waals surface area contributed by atoms with Gasteiger partial charge in [-0.1, -0.05) is 0 Å². The zero-order chi connectivity index (χ0) is 35.5. The molecule has 31 heteroatoms. The van der Waals surface area contributed by atoms with Crippen molar-refractivity contribution < 1.29 is 114 Å². The monoisotopic (exact) mass is 784 g/mol. The summed E-state index contributed by atoms with van der Waals surface area (Å²) in [7, 11) is -24.7. The Morgan fingerprint density at radius 3 is 1.20 bits per heavy atom. The predicted molar refractivity (Wildman–Crippen MR) is 135 cm³/mol. The molecule has 0 amide bonds. The van der Waals surface area contributed by atoms with Gasteiger partial charge < -0.3 is 28.4 Å². The Hall–Kier alpha value is -0.890. The Kier molecular flexibility index (Phi) is 14.1. The molecule has 0 aromatic carbocycles. The Morgan fingerprint density at radius 2 is 0.826 bits per heavy atom. The van der Waals surface area contributed by atoms with Gasteiger partial charge in [-0.25, -0.2) is 20.9 Å². The summed E-state index contributed by atoms with van der Waals surface area (Å²) in [5, 5.41) is 0. The van der Waals surface area contributed by atoms with Crippen LogP contribution in [-0.4, -0.2) is 161 Å². The maximum Gasteiger partial charge on any atom is 0.397 e. The van der Waals surface area contributed by atoms with Crippen LogP contribution >= 0.6 is 0 Å². The Labute approximate surface area is 261 Å². The molecule has 0 aromatic heterocycles. The highest BCUT2D eigenvalue weighted by Gasteiger charge is 2.57. The lowest BCUT2D eigenvalue weighted by atomic mass is 9.96. The molecule has 274 valence electrons. The van der Waals surface area contributed by atoms with Crippen molar-refractivity contribution in [2.45, 2.75) is 61.4 Å². The van der Waals surface area contributed by atoms with Gasteiger partial charge in [-0.05, 0) is 0 Å². The van der Waals surface area contributed by atoms with E-state index >= 15 is 0 Å². The summed E-state index contributed by atoms with van der Waals surface area (Å²) < 4.78 is 214. The zero-order valence-corrected chi connectivity index (χ0v) is 27.1. The molecule has 2 fully saturated rings. The molecule has 0 aliphatic carbocycles. The van der Waals surface area contributed by atoms with Crippen molar-refractivity contribution in [3.63, 3.8) is 0 Å². The maximum atomic E-state index is 11.8. The molecule has 0 radical (unpaired) electrons. The third-order valence-corrected chi connectivity index (χ3v) is 7.98. The van der Waals surface area contributed by atoms with Crippen LogP contribution in [0.25, 0.3) is 0 Å². The Balaban J connectivity index is 2.76. The molecule has 10 atom stereocenters. The fourth-order valence-electron chi connectivity index (χ4n) is 4.24. The van der Waals surface area contributed by atoms with Crippen LogP contribution in [0.3, 0.4) is 0 Å². The standard InChI is InChI=1S/C15H28O26S5/c1-31-8-6(4-34-42(16,17)18)37-15(12(10(8)32-2)40-45(25,26)27)38-9-7(5-35-43(19,20)21)36-14(33-3)13(41-46(28,29)30)11(9)39-44(22,23)24/h6-15H,4-5H2,1-3H3,(H,16,17,18)(H,19,20,21)(H,22,23,24)(H,25,26,27)(H,28,29,30)/t6-,7-,8+,9-,10+,11+,12-,13-,14-,15-/m1/s1. The van der Waals surface area contributed by atoms with Crippen molar-refractivity contribution in [3.05, 3.63) is 0 Å². The first-order valence-corrected chi connectivity index (χ1v) is 18.4. The van der Waals surface area contributed by atoms with E-state index in [-0.39, 0.29) is 0 Å². The topological polar surface area (TPSA) is 373 Å². The van der Waals surface area contributed by atoms with E-state index in [2.05, 4.69) is 20.9 Å². The molecule has 0 spiro atoms. The van der Waals surface area contributed by atoms with Crippen molar-refractivity contribution in [2.24, 2.45) is 0 Å². The van der Waals surface area contributed by atoms with Gasteiger partial charge in [-0.2, -0.15) is 42.1 Å². The summed E-state index contributed by atoms with van der Waals surface area (Å²) in [6.07, 6.45) is -21.8. The lowest BCUT2D eigenvalue weighted by molar-refractivity contribution is -0.351. The maximum absolute atomic E-state index is 11.8. The van der Waals surface area contributed by atoms with Crippen molar-refractivity contribution in [1.29, 1.82) is 0 Å². The molecular formula is C15H28O26S5. The third kappa shape index (κ3) is 13.2. The third-order valence-electron chi connectivity index (χ3n) is 5.71. The molecule has 0 saturated carbocycles. The van der Waals surface area contributed by atoms with Crippen molar-refractivity contribution in [3.8, 4) is 0 Å². The van der Waals surface area contributed by atoms with Crippen LogP contribution < -0.4 is 0 Å². The lowest BCUT2D eigenvalue weighted by Gasteiger charge is -2.48. The minimum atomic E-state index is -5.71. The Bertz CT molecular complexity index is 1560. The number of hydrogen-bond donors (Lipinski definition) is 5. The van der Waals surface area contributed by atoms with Gasteiger partial charge >= 0.3 is 52.0 Å². The largest absolute Gasteiger partial charge is 0.397 e. The highest BCUT2D eigenvalue weighted by molar-refractivity contribution is 7.81. The van der Waals surface area contributed by atoms with Gasteiger partial charge in [-0.15, -0.1) is 0 Å². The molecule has 2 aliphatic rings. The van der Waals surface area contributed by atoms with Crippen LogP contribution in [0.5, 0.6) is 0 Å². The van der Waals surface area contributed by atoms with Gasteiger partial charge in [0.2, 0.25) is 0 Å². The number of rotatable bonds is 17. The molecule has 0 unspecified atom stereocenters. The average molecular weight is 785 g/mol. The Morgan fingerprint density at radius 1 is 0.457 bits per heavy atom. The van der Waals surface area contributed by atoms with Gasteiger partial charge in [0.05, 0.1) is 13.2 Å². The van der Waals surface area contributed by atoms with E-state index in [0.29, 0.717) is 0 Å². The average Bonchev–Trinajstić information content (AvgIpc) is 2.86. The first-order chi connectivity index (χ1) is 20.8. The van der Waals surface area contributed by atoms with Crippen LogP contribution in [0.4, 0.5) is 0 Å². The molecule has 2 aliphatic heterocycles. The quantitative estimate of drug-likeness (QED) is 0.0871. The zero-order valence-electron chi connectivity index (χ0n) is 23.0. The first kappa shape index (κ1) is 41.3. The molecule has 5 N–H and O–H groups in total. The van der Waals surface area contributed by atoms with E-state index < -0.39 is 127 Å². The van der Waals surface area contributed by atoms with E-state index in [1.807, 2.05) is 0 Å². The normalized spacial score (nSPS) is 33.6. The minimum absolute atomic E-state index is 0.783. The highest BCUT2D eigenvalue weighted by atomic mass is 32.3. The molecular weight excluding hydrogens is 756 g/mol. The van der Waals surface area contributed by atoms with Crippen LogP contribution in [0.1, 0.15) is 0 Å². The summed E-state index contributed by atoms with van der Waals surface area (Å²) >= 11 is 0. The first-order valence-electron chi connectivity index (χ1n) is 11.5. The fourth-order valence-corrected chi connectivity index (χ4v) is 6.31. The number of ether oxygens (including phenoxy) is 6. The molecule has 46 heavy (non-hydrogen) atoms. The molecule has 2 rings (SSSR count). The number of hydrogen-bond acceptors (Lipinski definition) is 21. The summed E-state index contributed by atoms with van der Waals surface area (Å²) in [5.74, 6) is 0. The SMILES string of the molecule is CO[C@@H]1O[C@H](COS(=O)(=O)O)[C@@H](O[C@H]2O[C@H](COS(=O)(=O)O)[C@H](OC)[C@H](OC)[C@H]2OS(=O)(=O)O)[C@H](OS(=O)(=O)O)[C@H]1OS(=O)(=O)O. The second-order valence-corrected chi connectivity index (χ2v) is 14.0. The van der Waals surface area contributed by atoms with Gasteiger partial charge in [0.1, 0.15) is 36.6 Å². The summed E-state index contributed by atoms with van der Waals surface area (Å²) in [5.41, 5.74) is 0. The van der Waals surface area contributed by atoms with Gasteiger partial charge in [0.15, 0.2) is 24.8 Å². The van der Waals surface area contributed by atoms with E-state index in [1.54, 1.807) is 0 Å². The summed E-state index contributed by atoms with van der Waals surface area (Å²) in [6, 6.07) is 0. The highest BCUT2D eigenvalue weighted by Crippen LogP contribution is 2.36. The summed E-state index contributed by atoms with van der Waals surface area (Å²) in [6.45, 7) is -2.55. The summed E-state index contributed by atoms with van der Waals surface area (Å²) in [4.78, 5) is 0. The molecule has 2 saturated heterocycles. The molecule has 0 bridgehead atoms. The molecule has 0 aromatic rings. The van der Waals surface area contributed by atoms with Gasteiger partial charge in [0.25, 0.3) is 0 Å². The van der Waals surface area contributed by atoms with Crippen LogP contribution in [0, 0.1) is 0 Å². The number of methoxy groups -OCH3 is 3. The lowest BCUT2D eigenvalue weighted by Crippen LogP contribution is -2.66. The van der Waals surface area contributed by atoms with E-state index in [9.17, 15) is 55.7 Å². The smallest absolute Gasteiger partial charge is 0.376 e. The fraction of sp³-hybridized carbons (Fsp3) is 1.00. The minimum Gasteiger partial charge on any atom is -0.376 e. The second-order valence-electron chi connectivity index (χ2n) is 8.71. The van der Waals surface area contributed by atoms with E-state index in [0.717, 1.165) is 21.3 Å². The van der Waals surface area contributed by atoms with Gasteiger partial charge in [0, 0.05) is 21.3 Å². The van der Waals surface area contributed by atoms with E-state index in [4.69, 9.17) is 37.5 Å². The van der Waals surface area contributed by atoms with Crippen LogP contribution in [-0.2, 0) is 101 Å². The van der Waals surface area contributed by atoms with Crippen molar-refractivity contribution in [1.82, 2.24) is 0 Å². The van der Waals surface area contributed by atoms with Gasteiger partial charge in [-0.3, -0.25) is 22.8 Å². The molecule has 26 nitrogen and oxygen atoms in total. The van der Waals surface area contributed by atoms with Crippen LogP contribution in [0.15, 0.2) is 0 Å². The second kappa shape index (κ2) is 15.8. The van der Waals surface area contributed by atoms with Crippen LogP contribution in [0.2, 0.25) is 0 Å². The molecule has 2 heterocycles. The van der Waals surface area contributed by atoms with E-state index in [1.165, 1.54) is 0 Å². The predicted octanol–water partition coefficient (Wildman–Crippen LogP) is -4.30.